The van der Waals surface area contributed by atoms with Crippen LogP contribution in [0.3, 0.4) is 0 Å². The number of nitrogens with one attached hydrogen (secondary N) is 1. The maximum absolute atomic E-state index is 13.0. The van der Waals surface area contributed by atoms with E-state index >= 15 is 0 Å². The summed E-state index contributed by atoms with van der Waals surface area (Å²) in [6.45, 7) is 9.78. The van der Waals surface area contributed by atoms with Gasteiger partial charge in [-0.25, -0.2) is 0 Å². The van der Waals surface area contributed by atoms with E-state index in [4.69, 9.17) is 9.47 Å². The minimum Gasteiger partial charge on any atom is -0.459 e. The van der Waals surface area contributed by atoms with E-state index in [0.29, 0.717) is 0 Å². The Labute approximate surface area is 161 Å². The SMILES string of the molecule is CC(C)[C@H]1OC(c2ccccc2)(c2ccccc2)N[C@@H]1C(=O)OC(C)(C)C. The molecule has 2 aromatic rings. The summed E-state index contributed by atoms with van der Waals surface area (Å²) in [6.07, 6.45) is -0.305. The van der Waals surface area contributed by atoms with Crippen molar-refractivity contribution in [1.82, 2.24) is 5.32 Å². The highest BCUT2D eigenvalue weighted by molar-refractivity contribution is 5.78. The average molecular weight is 367 g/mol. The van der Waals surface area contributed by atoms with Crippen molar-refractivity contribution < 1.29 is 14.3 Å². The van der Waals surface area contributed by atoms with E-state index in [2.05, 4.69) is 19.2 Å². The number of rotatable bonds is 4. The second-order valence-corrected chi connectivity index (χ2v) is 8.40. The maximum atomic E-state index is 13.0. The van der Waals surface area contributed by atoms with Crippen LogP contribution in [-0.4, -0.2) is 23.7 Å². The van der Waals surface area contributed by atoms with Gasteiger partial charge in [0.2, 0.25) is 0 Å². The first kappa shape index (κ1) is 19.6. The highest BCUT2D eigenvalue weighted by Gasteiger charge is 2.52. The van der Waals surface area contributed by atoms with Crippen molar-refractivity contribution in [2.75, 3.05) is 0 Å². The Morgan fingerprint density at radius 2 is 1.48 bits per heavy atom. The van der Waals surface area contributed by atoms with Crippen molar-refractivity contribution in [2.24, 2.45) is 5.92 Å². The lowest BCUT2D eigenvalue weighted by Gasteiger charge is -2.31. The van der Waals surface area contributed by atoms with Crippen LogP contribution in [0.5, 0.6) is 0 Å². The normalized spacial score (nSPS) is 22.0. The van der Waals surface area contributed by atoms with Crippen molar-refractivity contribution in [1.29, 1.82) is 0 Å². The molecule has 1 fully saturated rings. The molecule has 1 saturated heterocycles. The molecule has 0 amide bonds. The molecule has 0 saturated carbocycles. The summed E-state index contributed by atoms with van der Waals surface area (Å²) < 4.78 is 12.3. The first-order valence-electron chi connectivity index (χ1n) is 9.52. The first-order chi connectivity index (χ1) is 12.7. The Morgan fingerprint density at radius 3 is 1.89 bits per heavy atom. The standard InChI is InChI=1S/C23H29NO3/c1-16(2)20-19(21(25)27-22(3,4)5)24-23(26-20,17-12-8-6-9-13-17)18-14-10-7-11-15-18/h6-16,19-20,24H,1-5H3/t19-,20+/m0/s1. The summed E-state index contributed by atoms with van der Waals surface area (Å²) >= 11 is 0. The van der Waals surface area contributed by atoms with Crippen molar-refractivity contribution in [2.45, 2.75) is 58.1 Å². The Kier molecular flexibility index (Phi) is 5.41. The highest BCUT2D eigenvalue weighted by atomic mass is 16.6. The van der Waals surface area contributed by atoms with Gasteiger partial charge in [0.25, 0.3) is 0 Å². The van der Waals surface area contributed by atoms with Crippen molar-refractivity contribution in [3.63, 3.8) is 0 Å². The molecule has 3 rings (SSSR count). The van der Waals surface area contributed by atoms with Gasteiger partial charge in [0.1, 0.15) is 11.6 Å². The lowest BCUT2D eigenvalue weighted by Crippen LogP contribution is -2.48. The van der Waals surface area contributed by atoms with Gasteiger partial charge in [-0.05, 0) is 26.7 Å². The van der Waals surface area contributed by atoms with Crippen molar-refractivity contribution in [3.8, 4) is 0 Å². The van der Waals surface area contributed by atoms with Gasteiger partial charge >= 0.3 is 5.97 Å². The van der Waals surface area contributed by atoms with E-state index in [9.17, 15) is 4.79 Å². The van der Waals surface area contributed by atoms with Crippen LogP contribution in [-0.2, 0) is 20.0 Å². The van der Waals surface area contributed by atoms with E-state index < -0.39 is 17.4 Å². The van der Waals surface area contributed by atoms with Gasteiger partial charge in [0, 0.05) is 11.1 Å². The number of hydrogen-bond donors (Lipinski definition) is 1. The number of carbonyl (C=O) groups excluding carboxylic acids is 1. The number of benzene rings is 2. The van der Waals surface area contributed by atoms with E-state index in [1.807, 2.05) is 81.4 Å². The van der Waals surface area contributed by atoms with Crippen LogP contribution in [0.1, 0.15) is 45.7 Å². The summed E-state index contributed by atoms with van der Waals surface area (Å²) in [7, 11) is 0. The maximum Gasteiger partial charge on any atom is 0.326 e. The highest BCUT2D eigenvalue weighted by Crippen LogP contribution is 2.40. The number of ether oxygens (including phenoxy) is 2. The Morgan fingerprint density at radius 1 is 1.00 bits per heavy atom. The molecule has 2 aromatic carbocycles. The Balaban J connectivity index is 2.06. The van der Waals surface area contributed by atoms with Gasteiger partial charge in [-0.15, -0.1) is 0 Å². The van der Waals surface area contributed by atoms with Crippen LogP contribution in [0.4, 0.5) is 0 Å². The van der Waals surface area contributed by atoms with E-state index in [0.717, 1.165) is 11.1 Å². The van der Waals surface area contributed by atoms with Crippen LogP contribution in [0, 0.1) is 5.92 Å². The molecule has 0 aliphatic carbocycles. The number of carbonyl (C=O) groups is 1. The fourth-order valence-corrected chi connectivity index (χ4v) is 3.50. The molecule has 0 aromatic heterocycles. The molecule has 27 heavy (non-hydrogen) atoms. The summed E-state index contributed by atoms with van der Waals surface area (Å²) in [4.78, 5) is 13.0. The first-order valence-corrected chi connectivity index (χ1v) is 9.52. The van der Waals surface area contributed by atoms with Crippen molar-refractivity contribution in [3.05, 3.63) is 71.8 Å². The molecule has 0 unspecified atom stereocenters. The van der Waals surface area contributed by atoms with Gasteiger partial charge in [-0.1, -0.05) is 74.5 Å². The molecule has 0 bridgehead atoms. The molecule has 4 nitrogen and oxygen atoms in total. The molecular formula is C23H29NO3. The summed E-state index contributed by atoms with van der Waals surface area (Å²) in [5.74, 6) is -0.140. The van der Waals surface area contributed by atoms with Gasteiger partial charge in [-0.3, -0.25) is 10.1 Å². The van der Waals surface area contributed by atoms with E-state index in [1.54, 1.807) is 0 Å². The van der Waals surface area contributed by atoms with Crippen LogP contribution < -0.4 is 5.32 Å². The lowest BCUT2D eigenvalue weighted by atomic mass is 9.94. The molecule has 0 radical (unpaired) electrons. The molecule has 1 aliphatic heterocycles. The second kappa shape index (κ2) is 7.45. The zero-order valence-corrected chi connectivity index (χ0v) is 16.7. The summed E-state index contributed by atoms with van der Waals surface area (Å²) in [5, 5.41) is 3.49. The van der Waals surface area contributed by atoms with E-state index in [-0.39, 0.29) is 18.0 Å². The zero-order chi connectivity index (χ0) is 19.7. The third-order valence-electron chi connectivity index (χ3n) is 4.68. The molecular weight excluding hydrogens is 338 g/mol. The van der Waals surface area contributed by atoms with Crippen molar-refractivity contribution >= 4 is 5.97 Å². The molecule has 4 heteroatoms. The van der Waals surface area contributed by atoms with Gasteiger partial charge in [0.05, 0.1) is 6.10 Å². The number of hydrogen-bond acceptors (Lipinski definition) is 4. The third-order valence-corrected chi connectivity index (χ3v) is 4.68. The topological polar surface area (TPSA) is 47.6 Å². The van der Waals surface area contributed by atoms with Gasteiger partial charge in [-0.2, -0.15) is 0 Å². The molecule has 1 N–H and O–H groups in total. The Bertz CT molecular complexity index is 726. The minimum absolute atomic E-state index is 0.143. The predicted octanol–water partition coefficient (Wildman–Crippen LogP) is 4.24. The smallest absolute Gasteiger partial charge is 0.326 e. The molecule has 2 atom stereocenters. The summed E-state index contributed by atoms with van der Waals surface area (Å²) in [5.41, 5.74) is 0.491. The average Bonchev–Trinajstić information content (AvgIpc) is 3.04. The quantitative estimate of drug-likeness (QED) is 0.821. The molecule has 144 valence electrons. The minimum atomic E-state index is -0.890. The predicted molar refractivity (Wildman–Crippen MR) is 106 cm³/mol. The largest absolute Gasteiger partial charge is 0.459 e. The van der Waals surface area contributed by atoms with Crippen LogP contribution in [0.15, 0.2) is 60.7 Å². The summed E-state index contributed by atoms with van der Waals surface area (Å²) in [6, 6.07) is 19.4. The van der Waals surface area contributed by atoms with Gasteiger partial charge in [0.15, 0.2) is 5.72 Å². The van der Waals surface area contributed by atoms with E-state index in [1.165, 1.54) is 0 Å². The van der Waals surface area contributed by atoms with Crippen LogP contribution in [0.2, 0.25) is 0 Å². The number of esters is 1. The lowest BCUT2D eigenvalue weighted by molar-refractivity contribution is -0.159. The monoisotopic (exact) mass is 367 g/mol. The second-order valence-electron chi connectivity index (χ2n) is 8.40. The Hall–Kier alpha value is -2.17. The zero-order valence-electron chi connectivity index (χ0n) is 16.7. The fourth-order valence-electron chi connectivity index (χ4n) is 3.50. The van der Waals surface area contributed by atoms with Crippen LogP contribution >= 0.6 is 0 Å². The molecule has 1 heterocycles. The third kappa shape index (κ3) is 4.07. The molecule has 1 aliphatic rings. The molecule has 0 spiro atoms. The fraction of sp³-hybridized carbons (Fsp3) is 0.435. The van der Waals surface area contributed by atoms with Crippen LogP contribution in [0.25, 0.3) is 0 Å². The van der Waals surface area contributed by atoms with Gasteiger partial charge < -0.3 is 9.47 Å².